The van der Waals surface area contributed by atoms with Gasteiger partial charge in [0.05, 0.1) is 6.10 Å². The molecule has 1 rings (SSSR count). The Bertz CT molecular complexity index is 424. The van der Waals surface area contributed by atoms with E-state index in [9.17, 15) is 8.42 Å². The molecule has 0 bridgehead atoms. The number of nitrogens with zero attached hydrogens (tertiary/aromatic N) is 1. The number of aromatic nitrogens is 1. The number of rotatable bonds is 6. The van der Waals surface area contributed by atoms with E-state index in [1.54, 1.807) is 19.9 Å². The fraction of sp³-hybridized carbons (Fsp3) is 0.667. The van der Waals surface area contributed by atoms with Crippen LogP contribution >= 0.6 is 0 Å². The van der Waals surface area contributed by atoms with Gasteiger partial charge >= 0.3 is 0 Å². The van der Waals surface area contributed by atoms with Crippen LogP contribution in [0.5, 0.6) is 0 Å². The average Bonchev–Trinajstić information content (AvgIpc) is 2.48. The maximum absolute atomic E-state index is 11.5. The molecular formula is C9H16N2O4S. The summed E-state index contributed by atoms with van der Waals surface area (Å²) < 4.78 is 30.2. The number of sulfonamides is 1. The second-order valence-electron chi connectivity index (χ2n) is 3.72. The highest BCUT2D eigenvalue weighted by molar-refractivity contribution is 7.88. The summed E-state index contributed by atoms with van der Waals surface area (Å²) in [6.45, 7) is 3.52. The van der Waals surface area contributed by atoms with Crippen LogP contribution in [0.4, 0.5) is 0 Å². The summed E-state index contributed by atoms with van der Waals surface area (Å²) in [6.07, 6.45) is -0.131. The number of hydrogen-bond acceptors (Lipinski definition) is 5. The highest BCUT2D eigenvalue weighted by Gasteiger charge is 2.14. The van der Waals surface area contributed by atoms with Gasteiger partial charge in [-0.05, 0) is 20.3 Å². The van der Waals surface area contributed by atoms with Gasteiger partial charge in [-0.25, -0.2) is 13.1 Å². The molecule has 1 aromatic rings. The topological polar surface area (TPSA) is 92.4 Å². The van der Waals surface area contributed by atoms with E-state index in [1.807, 2.05) is 0 Å². The Morgan fingerprint density at radius 2 is 2.31 bits per heavy atom. The van der Waals surface area contributed by atoms with E-state index < -0.39 is 16.1 Å². The van der Waals surface area contributed by atoms with Gasteiger partial charge in [0.2, 0.25) is 10.0 Å². The van der Waals surface area contributed by atoms with E-state index in [-0.39, 0.29) is 12.3 Å². The fourth-order valence-electron chi connectivity index (χ4n) is 1.16. The normalized spacial score (nSPS) is 13.9. The van der Waals surface area contributed by atoms with Gasteiger partial charge in [0.25, 0.3) is 0 Å². The predicted octanol–water partition coefficient (Wildman–Crippen LogP) is 0.173. The van der Waals surface area contributed by atoms with E-state index in [0.717, 1.165) is 0 Å². The zero-order valence-electron chi connectivity index (χ0n) is 9.30. The SMILES string of the molecule is Cc1cc(CS(=O)(=O)NCCC(C)O)no1. The van der Waals surface area contributed by atoms with Gasteiger partial charge in [-0.1, -0.05) is 5.16 Å². The third-order valence-corrected chi connectivity index (χ3v) is 3.22. The van der Waals surface area contributed by atoms with Crippen molar-refractivity contribution in [3.05, 3.63) is 17.5 Å². The summed E-state index contributed by atoms with van der Waals surface area (Å²) in [4.78, 5) is 0. The number of aliphatic hydroxyl groups is 1. The van der Waals surface area contributed by atoms with E-state index >= 15 is 0 Å². The van der Waals surface area contributed by atoms with Gasteiger partial charge in [0.1, 0.15) is 17.2 Å². The Kier molecular flexibility index (Phi) is 4.45. The van der Waals surface area contributed by atoms with E-state index in [2.05, 4.69) is 9.88 Å². The highest BCUT2D eigenvalue weighted by atomic mass is 32.2. The molecule has 1 atom stereocenters. The molecule has 0 radical (unpaired) electrons. The lowest BCUT2D eigenvalue weighted by atomic mass is 10.3. The van der Waals surface area contributed by atoms with Crippen LogP contribution in [0, 0.1) is 6.92 Å². The quantitative estimate of drug-likeness (QED) is 0.748. The zero-order chi connectivity index (χ0) is 12.2. The molecule has 6 nitrogen and oxygen atoms in total. The molecule has 0 aromatic carbocycles. The molecular weight excluding hydrogens is 232 g/mol. The molecule has 92 valence electrons. The Balaban J connectivity index is 2.46. The third kappa shape index (κ3) is 4.73. The van der Waals surface area contributed by atoms with Crippen LogP contribution in [0.3, 0.4) is 0 Å². The predicted molar refractivity (Wildman–Crippen MR) is 58.2 cm³/mol. The van der Waals surface area contributed by atoms with Gasteiger partial charge < -0.3 is 9.63 Å². The van der Waals surface area contributed by atoms with Crippen LogP contribution in [0.15, 0.2) is 10.6 Å². The van der Waals surface area contributed by atoms with Crippen LogP contribution in [-0.4, -0.2) is 31.3 Å². The minimum absolute atomic E-state index is 0.204. The summed E-state index contributed by atoms with van der Waals surface area (Å²) >= 11 is 0. The lowest BCUT2D eigenvalue weighted by Gasteiger charge is -2.06. The van der Waals surface area contributed by atoms with Crippen molar-refractivity contribution >= 4 is 10.0 Å². The minimum Gasteiger partial charge on any atom is -0.393 e. The first-order chi connectivity index (χ1) is 7.39. The van der Waals surface area contributed by atoms with E-state index in [1.165, 1.54) is 0 Å². The first kappa shape index (κ1) is 13.1. The summed E-state index contributed by atoms with van der Waals surface area (Å²) in [6, 6.07) is 1.58. The van der Waals surface area contributed by atoms with Crippen molar-refractivity contribution in [2.75, 3.05) is 6.54 Å². The largest absolute Gasteiger partial charge is 0.393 e. The van der Waals surface area contributed by atoms with Crippen LogP contribution in [0.2, 0.25) is 0 Å². The molecule has 0 amide bonds. The molecule has 0 aliphatic heterocycles. The number of aliphatic hydroxyl groups excluding tert-OH is 1. The number of hydrogen-bond donors (Lipinski definition) is 2. The Labute approximate surface area is 94.7 Å². The maximum Gasteiger partial charge on any atom is 0.217 e. The van der Waals surface area contributed by atoms with Crippen molar-refractivity contribution in [3.63, 3.8) is 0 Å². The fourth-order valence-corrected chi connectivity index (χ4v) is 2.21. The summed E-state index contributed by atoms with van der Waals surface area (Å²) in [5, 5.41) is 12.6. The maximum atomic E-state index is 11.5. The van der Waals surface area contributed by atoms with Crippen LogP contribution < -0.4 is 4.72 Å². The summed E-state index contributed by atoms with van der Waals surface area (Å²) in [5.41, 5.74) is 0.377. The minimum atomic E-state index is -3.40. The van der Waals surface area contributed by atoms with Gasteiger partial charge in [-0.3, -0.25) is 0 Å². The van der Waals surface area contributed by atoms with Gasteiger partial charge in [0.15, 0.2) is 0 Å². The standard InChI is InChI=1S/C9H16N2O4S/c1-7(12)3-4-10-16(13,14)6-9-5-8(2)15-11-9/h5,7,10,12H,3-4,6H2,1-2H3. The van der Waals surface area contributed by atoms with Crippen molar-refractivity contribution in [1.82, 2.24) is 9.88 Å². The molecule has 0 saturated heterocycles. The summed E-state index contributed by atoms with van der Waals surface area (Å²) in [7, 11) is -3.40. The smallest absolute Gasteiger partial charge is 0.217 e. The van der Waals surface area contributed by atoms with Crippen LogP contribution in [0.1, 0.15) is 24.8 Å². The molecule has 0 aliphatic rings. The number of aryl methyl sites for hydroxylation is 1. The second kappa shape index (κ2) is 5.42. The van der Waals surface area contributed by atoms with Crippen molar-refractivity contribution in [2.24, 2.45) is 0 Å². The Morgan fingerprint density at radius 3 is 2.81 bits per heavy atom. The van der Waals surface area contributed by atoms with E-state index in [4.69, 9.17) is 9.63 Å². The second-order valence-corrected chi connectivity index (χ2v) is 5.53. The van der Waals surface area contributed by atoms with Crippen LogP contribution in [0.25, 0.3) is 0 Å². The summed E-state index contributed by atoms with van der Waals surface area (Å²) in [5.74, 6) is 0.374. The molecule has 0 fully saturated rings. The lowest BCUT2D eigenvalue weighted by Crippen LogP contribution is -2.28. The van der Waals surface area contributed by atoms with Gasteiger partial charge in [0, 0.05) is 12.6 Å². The van der Waals surface area contributed by atoms with E-state index in [0.29, 0.717) is 17.9 Å². The molecule has 16 heavy (non-hydrogen) atoms. The van der Waals surface area contributed by atoms with Crippen molar-refractivity contribution in [2.45, 2.75) is 32.1 Å². The van der Waals surface area contributed by atoms with Gasteiger partial charge in [-0.2, -0.15) is 0 Å². The molecule has 0 spiro atoms. The highest BCUT2D eigenvalue weighted by Crippen LogP contribution is 2.05. The Morgan fingerprint density at radius 1 is 1.62 bits per heavy atom. The molecule has 7 heteroatoms. The zero-order valence-corrected chi connectivity index (χ0v) is 10.1. The lowest BCUT2D eigenvalue weighted by molar-refractivity contribution is 0.186. The molecule has 0 aliphatic carbocycles. The molecule has 1 heterocycles. The first-order valence-corrected chi connectivity index (χ1v) is 6.62. The van der Waals surface area contributed by atoms with Gasteiger partial charge in [-0.15, -0.1) is 0 Å². The molecule has 0 saturated carbocycles. The van der Waals surface area contributed by atoms with Crippen LogP contribution in [-0.2, 0) is 15.8 Å². The Hall–Kier alpha value is -0.920. The average molecular weight is 248 g/mol. The number of nitrogens with one attached hydrogen (secondary N) is 1. The van der Waals surface area contributed by atoms with Crippen molar-refractivity contribution in [1.29, 1.82) is 0 Å². The van der Waals surface area contributed by atoms with Crippen molar-refractivity contribution < 1.29 is 18.0 Å². The molecule has 2 N–H and O–H groups in total. The first-order valence-electron chi connectivity index (χ1n) is 4.96. The molecule has 1 aromatic heterocycles. The van der Waals surface area contributed by atoms with Crippen molar-refractivity contribution in [3.8, 4) is 0 Å². The molecule has 1 unspecified atom stereocenters. The third-order valence-electron chi connectivity index (χ3n) is 1.90. The monoisotopic (exact) mass is 248 g/mol.